The smallest absolute Gasteiger partial charge is 0.302 e. The van der Waals surface area contributed by atoms with Crippen LogP contribution in [0.3, 0.4) is 0 Å². The topological polar surface area (TPSA) is 65.0 Å². The van der Waals surface area contributed by atoms with Crippen molar-refractivity contribution in [2.24, 2.45) is 51.8 Å². The second kappa shape index (κ2) is 16.4. The maximum absolute atomic E-state index is 13.0. The molecular formula is C50H78O5Si2. The van der Waals surface area contributed by atoms with Crippen molar-refractivity contribution in [2.75, 3.05) is 6.61 Å². The molecule has 4 aliphatic rings. The number of esters is 1. The quantitative estimate of drug-likeness (QED) is 0.131. The lowest BCUT2D eigenvalue weighted by Crippen LogP contribution is -2.66. The highest BCUT2D eigenvalue weighted by Gasteiger charge is 2.72. The molecule has 2 aromatic rings. The summed E-state index contributed by atoms with van der Waals surface area (Å²) >= 11 is 0. The Morgan fingerprint density at radius 3 is 2.02 bits per heavy atom. The number of carbonyl (C=O) groups is 1. The normalized spacial score (nSPS) is 36.0. The van der Waals surface area contributed by atoms with Crippen molar-refractivity contribution in [3.05, 3.63) is 72.3 Å². The highest BCUT2D eigenvalue weighted by molar-refractivity contribution is 6.96. The summed E-state index contributed by atoms with van der Waals surface area (Å²) in [6, 6.07) is 21.6. The Labute approximate surface area is 349 Å². The summed E-state index contributed by atoms with van der Waals surface area (Å²) in [4.78, 5) is 13.0. The first-order chi connectivity index (χ1) is 26.6. The average Bonchev–Trinajstić information content (AvgIpc) is 3.41. The molecule has 2 aromatic carbocycles. The van der Waals surface area contributed by atoms with Gasteiger partial charge in [-0.1, -0.05) is 121 Å². The first kappa shape index (κ1) is 44.5. The molecule has 0 spiro atoms. The summed E-state index contributed by atoms with van der Waals surface area (Å²) < 4.78 is 21.1. The van der Waals surface area contributed by atoms with E-state index in [0.29, 0.717) is 18.4 Å². The molecule has 12 atom stereocenters. The van der Waals surface area contributed by atoms with E-state index < -0.39 is 22.7 Å². The Balaban J connectivity index is 1.35. The predicted octanol–water partition coefficient (Wildman–Crippen LogP) is 11.0. The van der Waals surface area contributed by atoms with Gasteiger partial charge in [0.25, 0.3) is 8.32 Å². The molecule has 57 heavy (non-hydrogen) atoms. The SMILES string of the molecule is CC(=O)O[C@H]1C[C@@]2(C)C(C[C@@H](O)[C@H]3[C@@]4(C)CC[C@@H](O[Si](C)(C)C(C)(C)C)[C@@H](C)C4CC[C@@]32C)[C@H]1[C@H](CCC=C(C)C)CO[Si](C)(c1ccccc1)c1ccccc1. The van der Waals surface area contributed by atoms with Gasteiger partial charge in [-0.25, -0.2) is 0 Å². The van der Waals surface area contributed by atoms with Crippen LogP contribution in [0.2, 0.25) is 24.7 Å². The number of hydrogen-bond acceptors (Lipinski definition) is 5. The molecule has 4 fully saturated rings. The van der Waals surface area contributed by atoms with E-state index in [4.69, 9.17) is 13.6 Å². The van der Waals surface area contributed by atoms with Crippen molar-refractivity contribution in [1.82, 2.24) is 0 Å². The zero-order valence-electron chi connectivity index (χ0n) is 38.0. The number of aliphatic hydroxyl groups is 1. The van der Waals surface area contributed by atoms with Gasteiger partial charge in [0.05, 0.1) is 6.10 Å². The van der Waals surface area contributed by atoms with Gasteiger partial charge in [-0.3, -0.25) is 4.79 Å². The van der Waals surface area contributed by atoms with Crippen LogP contribution in [0.1, 0.15) is 121 Å². The van der Waals surface area contributed by atoms with Gasteiger partial charge >= 0.3 is 5.97 Å². The third kappa shape index (κ3) is 8.12. The maximum Gasteiger partial charge on any atom is 0.302 e. The second-order valence-electron chi connectivity index (χ2n) is 21.8. The van der Waals surface area contributed by atoms with Crippen molar-refractivity contribution in [1.29, 1.82) is 0 Å². The number of benzene rings is 2. The van der Waals surface area contributed by atoms with Gasteiger partial charge in [0.2, 0.25) is 0 Å². The van der Waals surface area contributed by atoms with Crippen molar-refractivity contribution < 1.29 is 23.5 Å². The minimum absolute atomic E-state index is 0.0207. The average molecular weight is 815 g/mol. The van der Waals surface area contributed by atoms with Crippen LogP contribution in [0.4, 0.5) is 0 Å². The maximum atomic E-state index is 13.0. The van der Waals surface area contributed by atoms with Crippen LogP contribution in [0.25, 0.3) is 0 Å². The first-order valence-corrected chi connectivity index (χ1v) is 27.8. The Morgan fingerprint density at radius 2 is 1.47 bits per heavy atom. The summed E-state index contributed by atoms with van der Waals surface area (Å²) in [7, 11) is -4.52. The van der Waals surface area contributed by atoms with Gasteiger partial charge in [-0.2, -0.15) is 0 Å². The largest absolute Gasteiger partial charge is 0.462 e. The van der Waals surface area contributed by atoms with E-state index in [-0.39, 0.29) is 63.1 Å². The number of ether oxygens (including phenoxy) is 1. The second-order valence-corrected chi connectivity index (χ2v) is 30.1. The molecule has 5 nitrogen and oxygen atoms in total. The number of rotatable bonds is 12. The van der Waals surface area contributed by atoms with Crippen molar-refractivity contribution >= 4 is 33.0 Å². The number of carbonyl (C=O) groups excluding carboxylic acids is 1. The molecule has 1 N–H and O–H groups in total. The van der Waals surface area contributed by atoms with Crippen molar-refractivity contribution in [3.8, 4) is 0 Å². The summed E-state index contributed by atoms with van der Waals surface area (Å²) in [5.41, 5.74) is 1.15. The summed E-state index contributed by atoms with van der Waals surface area (Å²) in [6.07, 6.45) is 9.94. The van der Waals surface area contributed by atoms with Crippen LogP contribution in [0.15, 0.2) is 72.3 Å². The fourth-order valence-corrected chi connectivity index (χ4v) is 17.5. The van der Waals surface area contributed by atoms with Crippen LogP contribution >= 0.6 is 0 Å². The highest BCUT2D eigenvalue weighted by Crippen LogP contribution is 2.75. The lowest BCUT2D eigenvalue weighted by Gasteiger charge is -2.69. The Bertz CT molecular complexity index is 1680. The van der Waals surface area contributed by atoms with Crippen LogP contribution in [-0.2, 0) is 18.4 Å². The van der Waals surface area contributed by atoms with Gasteiger partial charge in [0, 0.05) is 25.6 Å². The summed E-state index contributed by atoms with van der Waals surface area (Å²) in [5.74, 6) is 1.43. The van der Waals surface area contributed by atoms with Gasteiger partial charge in [-0.05, 0) is 146 Å². The monoisotopic (exact) mass is 815 g/mol. The van der Waals surface area contributed by atoms with Gasteiger partial charge in [0.15, 0.2) is 8.32 Å². The molecule has 0 bridgehead atoms. The van der Waals surface area contributed by atoms with Gasteiger partial charge < -0.3 is 18.7 Å². The third-order valence-corrected chi connectivity index (χ3v) is 25.5. The zero-order chi connectivity index (χ0) is 41.8. The molecule has 316 valence electrons. The molecule has 2 unspecified atom stereocenters. The first-order valence-electron chi connectivity index (χ1n) is 22.5. The van der Waals surface area contributed by atoms with Crippen molar-refractivity contribution in [2.45, 2.75) is 164 Å². The van der Waals surface area contributed by atoms with Crippen LogP contribution in [-0.4, -0.2) is 52.6 Å². The lowest BCUT2D eigenvalue weighted by molar-refractivity contribution is -0.239. The molecule has 0 heterocycles. The van der Waals surface area contributed by atoms with Crippen LogP contribution in [0.5, 0.6) is 0 Å². The fraction of sp³-hybridized carbons (Fsp3) is 0.700. The van der Waals surface area contributed by atoms with Gasteiger partial charge in [0.1, 0.15) is 6.10 Å². The molecule has 7 heteroatoms. The summed E-state index contributed by atoms with van der Waals surface area (Å²) in [5, 5.41) is 15.5. The molecule has 0 aromatic heterocycles. The minimum Gasteiger partial charge on any atom is -0.462 e. The lowest BCUT2D eigenvalue weighted by atomic mass is 9.36. The minimum atomic E-state index is -2.60. The molecule has 6 rings (SSSR count). The van der Waals surface area contributed by atoms with Gasteiger partial charge in [-0.15, -0.1) is 0 Å². The molecule has 4 saturated carbocycles. The van der Waals surface area contributed by atoms with E-state index in [2.05, 4.69) is 149 Å². The van der Waals surface area contributed by atoms with E-state index in [0.717, 1.165) is 51.4 Å². The molecule has 0 saturated heterocycles. The third-order valence-electron chi connectivity index (χ3n) is 17.4. The standard InChI is InChI=1S/C50H78O5Si2/c1-34(2)21-20-22-37(33-53-57(13,38-23-16-14-17-24-38)39-25-18-15-19-26-39)45-41-31-42(52)46-48(8)29-28-43(55-56(11,12)47(5,6)7)35(3)40(48)27-30-49(46,9)50(41,10)32-44(45)54-36(4)51/h14-19,21,23-26,35,37,40-46,52H,20,22,27-33H2,1-13H3/t35-,37+,40?,41?,42+,43+,44-,45+,46-,48-,49-,50-/m0/s1. The Morgan fingerprint density at radius 1 is 0.877 bits per heavy atom. The van der Waals surface area contributed by atoms with Crippen LogP contribution in [0, 0.1) is 51.8 Å². The van der Waals surface area contributed by atoms with E-state index >= 15 is 0 Å². The van der Waals surface area contributed by atoms with Crippen molar-refractivity contribution in [3.63, 3.8) is 0 Å². The van der Waals surface area contributed by atoms with E-state index in [1.165, 1.54) is 15.9 Å². The number of aliphatic hydroxyl groups excluding tert-OH is 1. The van der Waals surface area contributed by atoms with E-state index in [1.807, 2.05) is 0 Å². The molecular weight excluding hydrogens is 737 g/mol. The molecule has 0 aliphatic heterocycles. The Hall–Kier alpha value is -2.04. The number of hydrogen-bond donors (Lipinski definition) is 1. The molecule has 0 amide bonds. The van der Waals surface area contributed by atoms with Crippen LogP contribution < -0.4 is 10.4 Å². The number of allylic oxidation sites excluding steroid dienone is 2. The molecule has 0 radical (unpaired) electrons. The highest BCUT2D eigenvalue weighted by atomic mass is 28.4. The van der Waals surface area contributed by atoms with E-state index in [9.17, 15) is 9.90 Å². The zero-order valence-corrected chi connectivity index (χ0v) is 40.0. The fourth-order valence-electron chi connectivity index (χ4n) is 13.2. The predicted molar refractivity (Wildman–Crippen MR) is 241 cm³/mol. The molecule has 4 aliphatic carbocycles. The van der Waals surface area contributed by atoms with E-state index in [1.54, 1.807) is 6.92 Å². The summed E-state index contributed by atoms with van der Waals surface area (Å²) in [6.45, 7) is 30.8. The Kier molecular flexibility index (Phi) is 12.8. The number of fused-ring (bicyclic) bond motifs is 5.